The molecule has 0 spiro atoms. The van der Waals surface area contributed by atoms with Gasteiger partial charge in [-0.25, -0.2) is 14.5 Å². The minimum atomic E-state index is -0.951. The average Bonchev–Trinajstić information content (AvgIpc) is 3.21. The van der Waals surface area contributed by atoms with Crippen LogP contribution in [0.2, 0.25) is 0 Å². The summed E-state index contributed by atoms with van der Waals surface area (Å²) in [6, 6.07) is 16.1. The Kier molecular flexibility index (Phi) is 5.87. The van der Waals surface area contributed by atoms with Gasteiger partial charge in [0.25, 0.3) is 5.91 Å². The van der Waals surface area contributed by atoms with Crippen molar-refractivity contribution in [2.24, 2.45) is 0 Å². The van der Waals surface area contributed by atoms with E-state index in [1.54, 1.807) is 36.4 Å². The number of ether oxygens (including phenoxy) is 1. The number of nitrogens with zero attached hydrogens (tertiary/aromatic N) is 4. The molecule has 0 radical (unpaired) electrons. The Morgan fingerprint density at radius 3 is 2.84 bits per heavy atom. The predicted molar refractivity (Wildman–Crippen MR) is 114 cm³/mol. The highest BCUT2D eigenvalue weighted by molar-refractivity contribution is 6.02. The third-order valence-corrected chi connectivity index (χ3v) is 4.51. The number of aryl methyl sites for hydroxylation is 1. The van der Waals surface area contributed by atoms with Crippen molar-refractivity contribution in [1.82, 2.24) is 19.6 Å². The summed E-state index contributed by atoms with van der Waals surface area (Å²) in [5.74, 6) is 0.609. The maximum atomic E-state index is 12.8. The van der Waals surface area contributed by atoms with Crippen LogP contribution in [0.3, 0.4) is 0 Å². The number of aliphatic hydroxyl groups excluding tert-OH is 2. The van der Waals surface area contributed by atoms with Gasteiger partial charge in [0.15, 0.2) is 11.3 Å². The van der Waals surface area contributed by atoms with Gasteiger partial charge in [-0.05, 0) is 43.3 Å². The number of benzene rings is 1. The molecule has 0 saturated carbocycles. The second kappa shape index (κ2) is 8.90. The summed E-state index contributed by atoms with van der Waals surface area (Å²) in [6.45, 7) is 1.45. The molecule has 9 nitrogen and oxygen atoms in total. The smallest absolute Gasteiger partial charge is 0.277 e. The van der Waals surface area contributed by atoms with Crippen molar-refractivity contribution >= 4 is 17.4 Å². The third kappa shape index (κ3) is 4.68. The van der Waals surface area contributed by atoms with Gasteiger partial charge >= 0.3 is 0 Å². The molecule has 0 aliphatic heterocycles. The second-order valence-corrected chi connectivity index (χ2v) is 6.93. The summed E-state index contributed by atoms with van der Waals surface area (Å²) < 4.78 is 6.98. The van der Waals surface area contributed by atoms with Crippen LogP contribution in [0.5, 0.6) is 5.75 Å². The van der Waals surface area contributed by atoms with Crippen molar-refractivity contribution in [3.63, 3.8) is 0 Å². The van der Waals surface area contributed by atoms with Crippen LogP contribution in [0.15, 0.2) is 60.8 Å². The fraction of sp³-hybridized carbons (Fsp3) is 0.182. The first kappa shape index (κ1) is 20.5. The minimum Gasteiger partial charge on any atom is -0.491 e. The van der Waals surface area contributed by atoms with Crippen molar-refractivity contribution < 1.29 is 19.7 Å². The Morgan fingerprint density at radius 1 is 1.19 bits per heavy atom. The molecule has 3 heterocycles. The molecule has 0 saturated heterocycles. The largest absolute Gasteiger partial charge is 0.491 e. The summed E-state index contributed by atoms with van der Waals surface area (Å²) in [6.07, 6.45) is 0.514. The summed E-state index contributed by atoms with van der Waals surface area (Å²) in [4.78, 5) is 21.3. The van der Waals surface area contributed by atoms with E-state index in [9.17, 15) is 9.90 Å². The van der Waals surface area contributed by atoms with E-state index >= 15 is 0 Å². The van der Waals surface area contributed by atoms with Crippen LogP contribution in [0.25, 0.3) is 16.9 Å². The normalized spacial score (nSPS) is 12.0. The molecule has 0 unspecified atom stereocenters. The molecule has 9 heteroatoms. The van der Waals surface area contributed by atoms with E-state index in [2.05, 4.69) is 20.4 Å². The van der Waals surface area contributed by atoms with Gasteiger partial charge in [-0.3, -0.25) is 4.79 Å². The van der Waals surface area contributed by atoms with Gasteiger partial charge in [-0.1, -0.05) is 18.2 Å². The number of hydrogen-bond acceptors (Lipinski definition) is 7. The van der Waals surface area contributed by atoms with E-state index in [-0.39, 0.29) is 24.8 Å². The van der Waals surface area contributed by atoms with Gasteiger partial charge in [-0.2, -0.15) is 5.10 Å². The molecule has 3 N–H and O–H groups in total. The number of carbonyl (C=O) groups is 1. The fourth-order valence-corrected chi connectivity index (χ4v) is 2.97. The molecule has 1 aromatic carbocycles. The Labute approximate surface area is 178 Å². The van der Waals surface area contributed by atoms with Crippen LogP contribution in [0.1, 0.15) is 16.2 Å². The molecule has 0 fully saturated rings. The molecule has 1 amide bonds. The Hall–Kier alpha value is -3.82. The number of hydrogen-bond donors (Lipinski definition) is 3. The van der Waals surface area contributed by atoms with Gasteiger partial charge in [0.1, 0.15) is 24.3 Å². The molecule has 4 aromatic rings. The molecule has 4 rings (SSSR count). The van der Waals surface area contributed by atoms with E-state index in [4.69, 9.17) is 9.84 Å². The van der Waals surface area contributed by atoms with Crippen molar-refractivity contribution in [1.29, 1.82) is 0 Å². The SMILES string of the molecule is Cc1cccc(NC(=O)c2cnc3ccc(-c4cccc(OC[C@H](O)CO)c4)nn23)n1. The molecule has 0 bridgehead atoms. The number of carbonyl (C=O) groups excluding carboxylic acids is 1. The quantitative estimate of drug-likeness (QED) is 0.419. The molecule has 0 aliphatic carbocycles. The maximum Gasteiger partial charge on any atom is 0.277 e. The van der Waals surface area contributed by atoms with Gasteiger partial charge < -0.3 is 20.3 Å². The lowest BCUT2D eigenvalue weighted by molar-refractivity contribution is 0.0536. The Balaban J connectivity index is 1.60. The number of rotatable bonds is 7. The van der Waals surface area contributed by atoms with E-state index in [1.807, 2.05) is 25.1 Å². The highest BCUT2D eigenvalue weighted by Crippen LogP contribution is 2.23. The zero-order chi connectivity index (χ0) is 21.8. The summed E-state index contributed by atoms with van der Waals surface area (Å²) >= 11 is 0. The van der Waals surface area contributed by atoms with Crippen LogP contribution < -0.4 is 10.1 Å². The van der Waals surface area contributed by atoms with Crippen LogP contribution in [0.4, 0.5) is 5.82 Å². The lowest BCUT2D eigenvalue weighted by Gasteiger charge is -2.11. The van der Waals surface area contributed by atoms with E-state index in [0.29, 0.717) is 22.9 Å². The maximum absolute atomic E-state index is 12.8. The number of pyridine rings is 1. The van der Waals surface area contributed by atoms with Crippen molar-refractivity contribution in [3.8, 4) is 17.0 Å². The predicted octanol–water partition coefficient (Wildman–Crippen LogP) is 2.08. The molecule has 31 heavy (non-hydrogen) atoms. The lowest BCUT2D eigenvalue weighted by Crippen LogP contribution is -2.21. The highest BCUT2D eigenvalue weighted by Gasteiger charge is 2.15. The number of imidazole rings is 1. The zero-order valence-corrected chi connectivity index (χ0v) is 16.8. The third-order valence-electron chi connectivity index (χ3n) is 4.51. The summed E-state index contributed by atoms with van der Waals surface area (Å²) in [7, 11) is 0. The first-order valence-corrected chi connectivity index (χ1v) is 9.65. The van der Waals surface area contributed by atoms with E-state index < -0.39 is 6.10 Å². The first-order valence-electron chi connectivity index (χ1n) is 9.65. The first-order chi connectivity index (χ1) is 15.0. The van der Waals surface area contributed by atoms with Crippen LogP contribution in [0, 0.1) is 6.92 Å². The highest BCUT2D eigenvalue weighted by atomic mass is 16.5. The van der Waals surface area contributed by atoms with Crippen LogP contribution >= 0.6 is 0 Å². The number of anilines is 1. The number of fused-ring (bicyclic) bond motifs is 1. The summed E-state index contributed by atoms with van der Waals surface area (Å²) in [5, 5.41) is 25.7. The molecule has 3 aromatic heterocycles. The van der Waals surface area contributed by atoms with E-state index in [1.165, 1.54) is 10.7 Å². The Morgan fingerprint density at radius 2 is 2.03 bits per heavy atom. The molecule has 0 aliphatic rings. The van der Waals surface area contributed by atoms with Crippen molar-refractivity contribution in [2.45, 2.75) is 13.0 Å². The van der Waals surface area contributed by atoms with Gasteiger partial charge in [0, 0.05) is 11.3 Å². The second-order valence-electron chi connectivity index (χ2n) is 6.93. The van der Waals surface area contributed by atoms with Crippen molar-refractivity contribution in [3.05, 3.63) is 72.2 Å². The van der Waals surface area contributed by atoms with Gasteiger partial charge in [0.2, 0.25) is 0 Å². The van der Waals surface area contributed by atoms with Gasteiger partial charge in [-0.15, -0.1) is 0 Å². The zero-order valence-electron chi connectivity index (χ0n) is 16.8. The van der Waals surface area contributed by atoms with Gasteiger partial charge in [0.05, 0.1) is 18.5 Å². The summed E-state index contributed by atoms with van der Waals surface area (Å²) in [5.41, 5.74) is 2.98. The minimum absolute atomic E-state index is 0.0226. The molecule has 158 valence electrons. The van der Waals surface area contributed by atoms with Crippen molar-refractivity contribution in [2.75, 3.05) is 18.5 Å². The Bertz CT molecular complexity index is 1220. The lowest BCUT2D eigenvalue weighted by atomic mass is 10.1. The number of nitrogens with one attached hydrogen (secondary N) is 1. The average molecular weight is 419 g/mol. The number of aliphatic hydroxyl groups is 2. The van der Waals surface area contributed by atoms with E-state index in [0.717, 1.165) is 11.3 Å². The number of aromatic nitrogens is 4. The molecule has 1 atom stereocenters. The number of amides is 1. The molecular weight excluding hydrogens is 398 g/mol. The standard InChI is InChI=1S/C22H21N5O4/c1-14-4-2-7-20(24-14)25-22(30)19-11-23-21-9-8-18(26-27(19)21)15-5-3-6-17(10-15)31-13-16(29)12-28/h2-11,16,28-29H,12-13H2,1H3,(H,24,25,30)/t16-/m1/s1. The van der Waals surface area contributed by atoms with Crippen LogP contribution in [-0.4, -0.2) is 55.0 Å². The van der Waals surface area contributed by atoms with Crippen LogP contribution in [-0.2, 0) is 0 Å². The fourth-order valence-electron chi connectivity index (χ4n) is 2.97. The topological polar surface area (TPSA) is 122 Å². The monoisotopic (exact) mass is 419 g/mol. The molecular formula is C22H21N5O4.